The number of nitrogens with one attached hydrogen (secondary N) is 1. The van der Waals surface area contributed by atoms with Crippen molar-refractivity contribution in [3.8, 4) is 0 Å². The molecule has 1 saturated heterocycles. The van der Waals surface area contributed by atoms with Crippen LogP contribution in [0.2, 0.25) is 0 Å². The van der Waals surface area contributed by atoms with E-state index in [2.05, 4.69) is 41.1 Å². The molecule has 0 aliphatic carbocycles. The smallest absolute Gasteiger partial charge is 0.276 e. The number of likely N-dealkylation sites (N-methyl/N-ethyl adjacent to an activating group) is 1. The molecule has 8 heteroatoms. The number of nitrogen functional groups attached to an aromatic ring is 1. The second-order valence-corrected chi connectivity index (χ2v) is 5.24. The molecule has 110 valence electrons. The summed E-state index contributed by atoms with van der Waals surface area (Å²) in [6, 6.07) is 3.53. The molecule has 1 aliphatic heterocycles. The minimum atomic E-state index is -0.436. The Hall–Kier alpha value is -1.93. The van der Waals surface area contributed by atoms with Gasteiger partial charge < -0.3 is 10.3 Å². The van der Waals surface area contributed by atoms with Crippen LogP contribution in [-0.2, 0) is 0 Å². The van der Waals surface area contributed by atoms with Gasteiger partial charge in [-0.25, -0.2) is 10.8 Å². The third kappa shape index (κ3) is 2.81. The molecule has 2 heterocycles. The molecule has 8 nitrogen and oxygen atoms in total. The van der Waals surface area contributed by atoms with Gasteiger partial charge in [0.05, 0.1) is 17.1 Å². The fourth-order valence-electron chi connectivity index (χ4n) is 2.43. The lowest BCUT2D eigenvalue weighted by atomic mass is 10.1. The Morgan fingerprint density at radius 2 is 2.00 bits per heavy atom. The molecule has 3 N–H and O–H groups in total. The maximum atomic E-state index is 11.0. The molecule has 2 rings (SSSR count). The minimum absolute atomic E-state index is 0.0119. The summed E-state index contributed by atoms with van der Waals surface area (Å²) >= 11 is 0. The van der Waals surface area contributed by atoms with Crippen molar-refractivity contribution in [2.24, 2.45) is 5.84 Å². The highest BCUT2D eigenvalue weighted by Gasteiger charge is 2.28. The van der Waals surface area contributed by atoms with Gasteiger partial charge in [0.25, 0.3) is 5.69 Å². The summed E-state index contributed by atoms with van der Waals surface area (Å²) in [6.45, 7) is 5.81. The molecule has 0 aromatic carbocycles. The predicted molar refractivity (Wildman–Crippen MR) is 77.6 cm³/mol. The van der Waals surface area contributed by atoms with Gasteiger partial charge in [0.15, 0.2) is 0 Å². The number of rotatable bonds is 3. The molecule has 1 aromatic heterocycles. The number of nitro groups is 1. The lowest BCUT2D eigenvalue weighted by Gasteiger charge is -2.42. The molecule has 20 heavy (non-hydrogen) atoms. The average Bonchev–Trinajstić information content (AvgIpc) is 2.43. The summed E-state index contributed by atoms with van der Waals surface area (Å²) < 4.78 is 0. The summed E-state index contributed by atoms with van der Waals surface area (Å²) in [5.74, 6) is 6.21. The van der Waals surface area contributed by atoms with Gasteiger partial charge in [-0.2, -0.15) is 0 Å². The van der Waals surface area contributed by atoms with Crippen LogP contribution in [0.3, 0.4) is 0 Å². The Morgan fingerprint density at radius 3 is 2.50 bits per heavy atom. The van der Waals surface area contributed by atoms with Crippen molar-refractivity contribution in [3.05, 3.63) is 22.2 Å². The summed E-state index contributed by atoms with van der Waals surface area (Å²) in [5.41, 5.74) is 2.37. The molecule has 2 atom stereocenters. The SMILES string of the molecule is CC1CN(c2cc([N+](=O)[O-])cc(NN)n2)CC(C)N1C. The van der Waals surface area contributed by atoms with Gasteiger partial charge >= 0.3 is 0 Å². The van der Waals surface area contributed by atoms with E-state index in [1.807, 2.05) is 0 Å². The third-order valence-corrected chi connectivity index (χ3v) is 3.84. The third-order valence-electron chi connectivity index (χ3n) is 3.84. The molecule has 0 spiro atoms. The molecule has 0 radical (unpaired) electrons. The zero-order valence-corrected chi connectivity index (χ0v) is 11.9. The first kappa shape index (κ1) is 14.5. The van der Waals surface area contributed by atoms with Gasteiger partial charge in [-0.3, -0.25) is 15.0 Å². The van der Waals surface area contributed by atoms with Crippen LogP contribution in [0.4, 0.5) is 17.3 Å². The fourth-order valence-corrected chi connectivity index (χ4v) is 2.43. The Labute approximate surface area is 117 Å². The second-order valence-electron chi connectivity index (χ2n) is 5.24. The van der Waals surface area contributed by atoms with Gasteiger partial charge in [0, 0.05) is 25.2 Å². The summed E-state index contributed by atoms with van der Waals surface area (Å²) in [5, 5.41) is 11.0. The standard InChI is InChI=1S/C12H20N6O2/c1-8-6-17(7-9(2)16(8)3)12-5-10(18(19)20)4-11(14-12)15-13/h4-5,8-9H,6-7,13H2,1-3H3,(H,14,15). The minimum Gasteiger partial charge on any atom is -0.353 e. The monoisotopic (exact) mass is 280 g/mol. The zero-order chi connectivity index (χ0) is 14.9. The van der Waals surface area contributed by atoms with Crippen LogP contribution in [0.1, 0.15) is 13.8 Å². The zero-order valence-electron chi connectivity index (χ0n) is 11.9. The highest BCUT2D eigenvalue weighted by Crippen LogP contribution is 2.25. The highest BCUT2D eigenvalue weighted by molar-refractivity contribution is 5.55. The van der Waals surface area contributed by atoms with Gasteiger partial charge in [0.2, 0.25) is 0 Å². The van der Waals surface area contributed by atoms with Crippen molar-refractivity contribution in [1.29, 1.82) is 0 Å². The average molecular weight is 280 g/mol. The van der Waals surface area contributed by atoms with Crippen molar-refractivity contribution < 1.29 is 4.92 Å². The Kier molecular flexibility index (Phi) is 4.05. The van der Waals surface area contributed by atoms with E-state index in [4.69, 9.17) is 5.84 Å². The first-order valence-corrected chi connectivity index (χ1v) is 6.52. The Morgan fingerprint density at radius 1 is 1.40 bits per heavy atom. The quantitative estimate of drug-likeness (QED) is 0.480. The number of pyridine rings is 1. The summed E-state index contributed by atoms with van der Waals surface area (Å²) in [7, 11) is 2.08. The second kappa shape index (κ2) is 5.59. The number of anilines is 2. The molecule has 0 amide bonds. The van der Waals surface area contributed by atoms with E-state index in [-0.39, 0.29) is 5.69 Å². The fraction of sp³-hybridized carbons (Fsp3) is 0.583. The molecule has 1 aromatic rings. The molecule has 1 fully saturated rings. The van der Waals surface area contributed by atoms with Crippen molar-refractivity contribution in [3.63, 3.8) is 0 Å². The van der Waals surface area contributed by atoms with E-state index in [0.29, 0.717) is 23.7 Å². The maximum absolute atomic E-state index is 11.0. The largest absolute Gasteiger partial charge is 0.353 e. The lowest BCUT2D eigenvalue weighted by Crippen LogP contribution is -2.55. The van der Waals surface area contributed by atoms with E-state index in [9.17, 15) is 10.1 Å². The van der Waals surface area contributed by atoms with Crippen molar-refractivity contribution in [1.82, 2.24) is 9.88 Å². The summed E-state index contributed by atoms with van der Waals surface area (Å²) in [4.78, 5) is 19.2. The van der Waals surface area contributed by atoms with Gasteiger partial charge in [-0.15, -0.1) is 0 Å². The van der Waals surface area contributed by atoms with Crippen LogP contribution in [0.5, 0.6) is 0 Å². The molecular weight excluding hydrogens is 260 g/mol. The van der Waals surface area contributed by atoms with Crippen molar-refractivity contribution >= 4 is 17.3 Å². The number of hydrogen-bond donors (Lipinski definition) is 2. The highest BCUT2D eigenvalue weighted by atomic mass is 16.6. The number of piperazine rings is 1. The van der Waals surface area contributed by atoms with E-state index in [0.717, 1.165) is 13.1 Å². The number of nitrogens with two attached hydrogens (primary N) is 1. The summed E-state index contributed by atoms with van der Waals surface area (Å²) in [6.07, 6.45) is 0. The number of aromatic nitrogens is 1. The first-order chi connectivity index (χ1) is 9.42. The Bertz CT molecular complexity index is 497. The van der Waals surface area contributed by atoms with Crippen LogP contribution in [0.25, 0.3) is 0 Å². The van der Waals surface area contributed by atoms with E-state index in [1.54, 1.807) is 0 Å². The van der Waals surface area contributed by atoms with E-state index in [1.165, 1.54) is 12.1 Å². The number of hydrazine groups is 1. The molecule has 0 bridgehead atoms. The van der Waals surface area contributed by atoms with Gasteiger partial charge in [0.1, 0.15) is 11.6 Å². The topological polar surface area (TPSA) is 101 Å². The van der Waals surface area contributed by atoms with Crippen LogP contribution >= 0.6 is 0 Å². The number of hydrogen-bond acceptors (Lipinski definition) is 7. The maximum Gasteiger partial charge on any atom is 0.276 e. The Balaban J connectivity index is 2.32. The van der Waals surface area contributed by atoms with Crippen LogP contribution < -0.4 is 16.2 Å². The van der Waals surface area contributed by atoms with E-state index >= 15 is 0 Å². The predicted octanol–water partition coefficient (Wildman–Crippen LogP) is 0.804. The molecular formula is C12H20N6O2. The first-order valence-electron chi connectivity index (χ1n) is 6.52. The lowest BCUT2D eigenvalue weighted by molar-refractivity contribution is -0.384. The molecule has 0 saturated carbocycles. The van der Waals surface area contributed by atoms with E-state index < -0.39 is 4.92 Å². The van der Waals surface area contributed by atoms with Crippen LogP contribution in [0.15, 0.2) is 12.1 Å². The van der Waals surface area contributed by atoms with Crippen LogP contribution in [-0.4, -0.2) is 47.0 Å². The molecule has 1 aliphatic rings. The normalized spacial score (nSPS) is 23.7. The van der Waals surface area contributed by atoms with Crippen molar-refractivity contribution in [2.45, 2.75) is 25.9 Å². The molecule has 2 unspecified atom stereocenters. The van der Waals surface area contributed by atoms with Gasteiger partial charge in [-0.1, -0.05) is 0 Å². The van der Waals surface area contributed by atoms with Crippen LogP contribution in [0, 0.1) is 10.1 Å². The van der Waals surface area contributed by atoms with Gasteiger partial charge in [-0.05, 0) is 20.9 Å². The number of nitrogens with zero attached hydrogens (tertiary/aromatic N) is 4. The van der Waals surface area contributed by atoms with Crippen molar-refractivity contribution in [2.75, 3.05) is 30.5 Å².